The Morgan fingerprint density at radius 1 is 1.03 bits per heavy atom. The molecule has 2 aromatic rings. The van der Waals surface area contributed by atoms with Crippen LogP contribution in [0.4, 0.5) is 18.0 Å². The van der Waals surface area contributed by atoms with Crippen LogP contribution in [0.2, 0.25) is 10.0 Å². The third-order valence-electron chi connectivity index (χ3n) is 4.65. The first kappa shape index (κ1) is 31.5. The number of pyridine rings is 2. The summed E-state index contributed by atoms with van der Waals surface area (Å²) in [6.07, 6.45) is -0.714. The van der Waals surface area contributed by atoms with E-state index < -0.39 is 23.8 Å². The Bertz CT molecular complexity index is 1050. The number of carbonyl (C=O) groups excluding carboxylic acids is 1. The van der Waals surface area contributed by atoms with E-state index in [4.69, 9.17) is 47.5 Å². The van der Waals surface area contributed by atoms with Crippen molar-refractivity contribution in [1.82, 2.24) is 20.5 Å². The molecule has 2 saturated heterocycles. The topological polar surface area (TPSA) is 123 Å². The summed E-state index contributed by atoms with van der Waals surface area (Å²) in [6.45, 7) is 6.66. The van der Waals surface area contributed by atoms with Gasteiger partial charge < -0.3 is 14.7 Å². The van der Waals surface area contributed by atoms with Gasteiger partial charge in [-0.1, -0.05) is 23.2 Å². The molecule has 2 atom stereocenters. The predicted molar refractivity (Wildman–Crippen MR) is 130 cm³/mol. The van der Waals surface area contributed by atoms with Gasteiger partial charge in [-0.3, -0.25) is 14.8 Å². The molecule has 1 amide bonds. The van der Waals surface area contributed by atoms with E-state index in [9.17, 15) is 18.0 Å². The van der Waals surface area contributed by atoms with Crippen LogP contribution in [0, 0.1) is 0 Å². The minimum absolute atomic E-state index is 0.224. The highest BCUT2D eigenvalue weighted by molar-refractivity contribution is 6.30. The van der Waals surface area contributed by atoms with Gasteiger partial charge in [-0.2, -0.15) is 23.7 Å². The fourth-order valence-corrected chi connectivity index (χ4v) is 3.23. The van der Waals surface area contributed by atoms with E-state index >= 15 is 0 Å². The van der Waals surface area contributed by atoms with Gasteiger partial charge in [-0.15, -0.1) is 0 Å². The number of carboxylic acids is 1. The molecule has 15 heteroatoms. The summed E-state index contributed by atoms with van der Waals surface area (Å²) in [5.41, 5.74) is 4.06. The van der Waals surface area contributed by atoms with Crippen LogP contribution in [0.1, 0.15) is 57.1 Å². The number of aliphatic carboxylic acids is 1. The van der Waals surface area contributed by atoms with Crippen molar-refractivity contribution < 1.29 is 42.3 Å². The number of carboxylic acid groups (broad SMARTS) is 1. The number of aromatic nitrogens is 2. The second-order valence-corrected chi connectivity index (χ2v) is 9.73. The van der Waals surface area contributed by atoms with Crippen molar-refractivity contribution >= 4 is 35.3 Å². The third-order valence-corrected chi connectivity index (χ3v) is 5.10. The van der Waals surface area contributed by atoms with E-state index in [0.717, 1.165) is 24.4 Å². The summed E-state index contributed by atoms with van der Waals surface area (Å²) in [5, 5.41) is 9.60. The van der Waals surface area contributed by atoms with E-state index in [1.165, 1.54) is 5.06 Å². The molecule has 0 aromatic carbocycles. The van der Waals surface area contributed by atoms with E-state index in [-0.39, 0.29) is 12.1 Å². The second-order valence-electron chi connectivity index (χ2n) is 8.86. The number of halogens is 5. The minimum Gasteiger partial charge on any atom is -0.475 e. The Labute approximate surface area is 226 Å². The smallest absolute Gasteiger partial charge is 0.475 e. The lowest BCUT2D eigenvalue weighted by molar-refractivity contribution is -0.192. The quantitative estimate of drug-likeness (QED) is 0.460. The number of alkyl halides is 3. The molecule has 4 rings (SSSR count). The maximum atomic E-state index is 12.0. The number of nitrogens with one attached hydrogen (secondary N) is 1. The van der Waals surface area contributed by atoms with Crippen molar-refractivity contribution in [3.63, 3.8) is 0 Å². The highest BCUT2D eigenvalue weighted by Gasteiger charge is 2.38. The van der Waals surface area contributed by atoms with Gasteiger partial charge in [0.1, 0.15) is 11.6 Å². The van der Waals surface area contributed by atoms with Gasteiger partial charge >= 0.3 is 18.2 Å². The van der Waals surface area contributed by atoms with Gasteiger partial charge in [0.2, 0.25) is 0 Å². The molecule has 0 unspecified atom stereocenters. The first-order valence-corrected chi connectivity index (χ1v) is 12.0. The lowest BCUT2D eigenvalue weighted by Gasteiger charge is -2.26. The largest absolute Gasteiger partial charge is 0.490 e. The van der Waals surface area contributed by atoms with Crippen LogP contribution in [0.5, 0.6) is 0 Å². The molecule has 2 fully saturated rings. The van der Waals surface area contributed by atoms with Crippen molar-refractivity contribution in [3.05, 3.63) is 58.1 Å². The van der Waals surface area contributed by atoms with Crippen LogP contribution in [-0.2, 0) is 19.2 Å². The molecule has 0 aliphatic carbocycles. The summed E-state index contributed by atoms with van der Waals surface area (Å²) in [4.78, 5) is 39.7. The highest BCUT2D eigenvalue weighted by atomic mass is 35.5. The minimum atomic E-state index is -5.08. The molecule has 10 nitrogen and oxygen atoms in total. The monoisotopic (exact) mass is 582 g/mol. The first-order chi connectivity index (χ1) is 17.7. The number of carbonyl (C=O) groups is 2. The average Bonchev–Trinajstić information content (AvgIpc) is 3.52. The Morgan fingerprint density at radius 2 is 1.58 bits per heavy atom. The van der Waals surface area contributed by atoms with E-state index in [0.29, 0.717) is 23.1 Å². The van der Waals surface area contributed by atoms with E-state index in [1.54, 1.807) is 24.5 Å². The summed E-state index contributed by atoms with van der Waals surface area (Å²) in [6, 6.07) is 7.28. The molecule has 0 bridgehead atoms. The molecular weight excluding hydrogens is 556 g/mol. The van der Waals surface area contributed by atoms with Crippen LogP contribution in [0.3, 0.4) is 0 Å². The third kappa shape index (κ3) is 10.6. The lowest BCUT2D eigenvalue weighted by atomic mass is 10.1. The molecule has 2 aromatic heterocycles. The van der Waals surface area contributed by atoms with Gasteiger partial charge in [0.05, 0.1) is 40.7 Å². The fraction of sp³-hybridized carbons (Fsp3) is 0.478. The van der Waals surface area contributed by atoms with Crippen molar-refractivity contribution in [2.45, 2.75) is 57.5 Å². The fourth-order valence-electron chi connectivity index (χ4n) is 3.01. The zero-order valence-corrected chi connectivity index (χ0v) is 22.2. The molecular formula is C23H27Cl2F3N4O6. The predicted octanol–water partition coefficient (Wildman–Crippen LogP) is 5.68. The van der Waals surface area contributed by atoms with Gasteiger partial charge in [0.25, 0.3) is 0 Å². The van der Waals surface area contributed by atoms with E-state index in [1.807, 2.05) is 32.9 Å². The Balaban J connectivity index is 0.000000227. The van der Waals surface area contributed by atoms with Gasteiger partial charge in [-0.05, 0) is 51.5 Å². The van der Waals surface area contributed by atoms with Crippen LogP contribution < -0.4 is 5.48 Å². The number of hydroxylamine groups is 3. The molecule has 2 aliphatic rings. The Kier molecular flexibility index (Phi) is 11.5. The Morgan fingerprint density at radius 3 is 2.00 bits per heavy atom. The summed E-state index contributed by atoms with van der Waals surface area (Å²) in [5.74, 6) is -2.76. The van der Waals surface area contributed by atoms with Gasteiger partial charge in [0, 0.05) is 18.8 Å². The molecule has 0 saturated carbocycles. The Hall–Kier alpha value is -2.71. The molecule has 38 heavy (non-hydrogen) atoms. The number of rotatable bonds is 2. The molecule has 0 radical (unpaired) electrons. The number of hydrogen-bond donors (Lipinski definition) is 2. The molecule has 4 heterocycles. The van der Waals surface area contributed by atoms with Crippen molar-refractivity contribution in [1.29, 1.82) is 0 Å². The summed E-state index contributed by atoms with van der Waals surface area (Å²) < 4.78 is 37.0. The molecule has 2 N–H and O–H groups in total. The second kappa shape index (κ2) is 13.9. The number of hydrogen-bond acceptors (Lipinski definition) is 8. The molecule has 2 aliphatic heterocycles. The maximum absolute atomic E-state index is 12.0. The summed E-state index contributed by atoms with van der Waals surface area (Å²) in [7, 11) is 0. The number of nitrogens with zero attached hydrogens (tertiary/aromatic N) is 3. The van der Waals surface area contributed by atoms with Gasteiger partial charge in [-0.25, -0.2) is 9.59 Å². The zero-order valence-electron chi connectivity index (χ0n) is 20.7. The van der Waals surface area contributed by atoms with Crippen LogP contribution >= 0.6 is 23.2 Å². The standard InChI is InChI=1S/C13H17ClN2O3.C8H9ClN2O.C2HF3O2/c1-13(2,3)19-12(17)16-11(6-7-18-16)10-5-4-9(14)8-15-10;9-6-1-2-7(10-5-6)8-3-4-12-11-8;3-2(4,5)1(6)7/h4-5,8,11H,6-7H2,1-3H3;1-2,5,8,11H,3-4H2;(H,6,7)/t11-;8-;/m00./s1. The molecule has 0 spiro atoms. The van der Waals surface area contributed by atoms with Crippen LogP contribution in [0.15, 0.2) is 36.7 Å². The SMILES string of the molecule is CC(C)(C)OC(=O)N1OCC[C@H]1c1ccc(Cl)cn1.Clc1ccc([C@@H]2CCON2)nc1.O=C(O)C(F)(F)F. The van der Waals surface area contributed by atoms with Crippen molar-refractivity contribution in [2.24, 2.45) is 0 Å². The molecule has 210 valence electrons. The normalized spacial score (nSPS) is 19.1. The maximum Gasteiger partial charge on any atom is 0.490 e. The highest BCUT2D eigenvalue weighted by Crippen LogP contribution is 2.31. The first-order valence-electron chi connectivity index (χ1n) is 11.2. The van der Waals surface area contributed by atoms with Crippen LogP contribution in [-0.4, -0.2) is 57.2 Å². The van der Waals surface area contributed by atoms with Crippen molar-refractivity contribution in [3.8, 4) is 0 Å². The van der Waals surface area contributed by atoms with E-state index in [2.05, 4.69) is 15.4 Å². The van der Waals surface area contributed by atoms with Gasteiger partial charge in [0.15, 0.2) is 0 Å². The number of amides is 1. The van der Waals surface area contributed by atoms with Crippen molar-refractivity contribution in [2.75, 3.05) is 13.2 Å². The average molecular weight is 583 g/mol. The van der Waals surface area contributed by atoms with Crippen LogP contribution in [0.25, 0.3) is 0 Å². The zero-order chi connectivity index (χ0) is 28.5. The summed E-state index contributed by atoms with van der Waals surface area (Å²) >= 11 is 11.5. The number of ether oxygens (including phenoxy) is 1. The lowest BCUT2D eigenvalue weighted by Crippen LogP contribution is -2.35.